The number of aromatic nitrogens is 4. The molecule has 2 bridgehead atoms. The van der Waals surface area contributed by atoms with Crippen molar-refractivity contribution in [3.8, 4) is 0 Å². The molecule has 3 amide bonds. The molecule has 0 aromatic carbocycles. The minimum Gasteiger partial charge on any atom is -0.453 e. The Kier molecular flexibility index (Phi) is 11.0. The molecule has 9 aliphatic rings. The molecule has 6 fully saturated rings. The number of likely N-dealkylation sites (tertiary alicyclic amines) is 2. The Morgan fingerprint density at radius 2 is 1.12 bits per heavy atom. The molecule has 7 aliphatic carbocycles. The van der Waals surface area contributed by atoms with Crippen LogP contribution in [0, 0.1) is 53.3 Å². The molecule has 11 rings (SSSR count). The van der Waals surface area contributed by atoms with E-state index < -0.39 is 12.1 Å². The van der Waals surface area contributed by atoms with Crippen molar-refractivity contribution in [1.29, 1.82) is 0 Å². The Morgan fingerprint density at radius 3 is 1.58 bits per heavy atom. The molecule has 4 heterocycles. The zero-order valence-electron chi connectivity index (χ0n) is 39.3. The summed E-state index contributed by atoms with van der Waals surface area (Å²) >= 11 is 0. The zero-order valence-corrected chi connectivity index (χ0v) is 39.3. The number of nitrogens with zero attached hydrogens (tertiary/aromatic N) is 4. The molecular weight excluding hydrogens is 811 g/mol. The Balaban J connectivity index is 0.793. The van der Waals surface area contributed by atoms with Gasteiger partial charge in [0.1, 0.15) is 17.7 Å². The molecule has 4 saturated carbocycles. The number of hydrogen-bond acceptors (Lipinski definition) is 6. The van der Waals surface area contributed by atoms with Crippen LogP contribution in [-0.4, -0.2) is 72.9 Å². The second kappa shape index (κ2) is 16.7. The number of alkyl carbamates (subject to hydrolysis) is 1. The van der Waals surface area contributed by atoms with Crippen LogP contribution in [-0.2, 0) is 14.3 Å². The van der Waals surface area contributed by atoms with Crippen molar-refractivity contribution in [2.75, 3.05) is 7.11 Å². The average molecular weight is 880 g/mol. The van der Waals surface area contributed by atoms with Crippen LogP contribution >= 0.6 is 0 Å². The summed E-state index contributed by atoms with van der Waals surface area (Å²) in [4.78, 5) is 61.5. The third-order valence-corrected chi connectivity index (χ3v) is 18.2. The smallest absolute Gasteiger partial charge is 0.407 e. The van der Waals surface area contributed by atoms with Crippen LogP contribution in [0.2, 0.25) is 0 Å². The number of nitrogens with one attached hydrogen (secondary N) is 3. The monoisotopic (exact) mass is 880 g/mol. The SMILES string of the molecule is CCC(C)C(C)C(=O)N1C(c2ncc(C3=CC=C(C4=CC=C(C5=CC=C(c6cnc(C7CC8CC8N7C(=O)C(NC(=O)OC)C(C)CC)[nH]6)CC5)C5C6CCC(C6)C45)CC3)[nH]2)CC2CC21. The lowest BCUT2D eigenvalue weighted by Crippen LogP contribution is -2.52. The van der Waals surface area contributed by atoms with Gasteiger partial charge >= 0.3 is 6.09 Å². The number of fused-ring (bicyclic) bond motifs is 7. The minimum absolute atomic E-state index is 0.0170. The molecule has 2 aromatic rings. The van der Waals surface area contributed by atoms with Crippen LogP contribution in [0.15, 0.2) is 71.1 Å². The highest BCUT2D eigenvalue weighted by atomic mass is 16.5. The first kappa shape index (κ1) is 42.7. The predicted molar refractivity (Wildman–Crippen MR) is 251 cm³/mol. The van der Waals surface area contributed by atoms with E-state index in [0.29, 0.717) is 41.5 Å². The van der Waals surface area contributed by atoms with Gasteiger partial charge in [-0.1, -0.05) is 83.9 Å². The number of allylic oxidation sites excluding steroid dienone is 12. The minimum atomic E-state index is -0.629. The average Bonchev–Trinajstić information content (AvgIpc) is 3.79. The number of carbonyl (C=O) groups excluding carboxylic acids is 3. The fraction of sp³-hybridized carbons (Fsp3) is 0.611. The topological polar surface area (TPSA) is 136 Å². The quantitative estimate of drug-likeness (QED) is 0.183. The summed E-state index contributed by atoms with van der Waals surface area (Å²) in [5.41, 5.74) is 10.8. The molecule has 2 aliphatic heterocycles. The normalized spacial score (nSPS) is 33.6. The first-order valence-corrected chi connectivity index (χ1v) is 25.4. The number of rotatable bonds is 13. The number of aromatic amines is 2. The van der Waals surface area contributed by atoms with Crippen molar-refractivity contribution in [3.05, 3.63) is 94.2 Å². The number of methoxy groups -OCH3 is 1. The third-order valence-electron chi connectivity index (χ3n) is 18.2. The van der Waals surface area contributed by atoms with Gasteiger partial charge in [-0.05, 0) is 151 Å². The fourth-order valence-electron chi connectivity index (χ4n) is 13.7. The maximum atomic E-state index is 14.1. The van der Waals surface area contributed by atoms with Gasteiger partial charge in [0, 0.05) is 18.0 Å². The first-order valence-electron chi connectivity index (χ1n) is 25.4. The summed E-state index contributed by atoms with van der Waals surface area (Å²) in [7, 11) is 1.34. The predicted octanol–water partition coefficient (Wildman–Crippen LogP) is 10.3. The number of H-pyrrole nitrogens is 2. The Hall–Kier alpha value is -4.93. The number of piperidine rings is 2. The molecule has 0 spiro atoms. The lowest BCUT2D eigenvalue weighted by molar-refractivity contribution is -0.139. The van der Waals surface area contributed by atoms with E-state index in [1.54, 1.807) is 11.1 Å². The lowest BCUT2D eigenvalue weighted by Gasteiger charge is -2.39. The highest BCUT2D eigenvalue weighted by molar-refractivity contribution is 5.87. The van der Waals surface area contributed by atoms with Crippen LogP contribution in [0.1, 0.15) is 153 Å². The van der Waals surface area contributed by atoms with Gasteiger partial charge in [0.25, 0.3) is 0 Å². The first-order chi connectivity index (χ1) is 31.5. The summed E-state index contributed by atoms with van der Waals surface area (Å²) in [6.45, 7) is 10.6. The van der Waals surface area contributed by atoms with Crippen molar-refractivity contribution >= 4 is 29.1 Å². The van der Waals surface area contributed by atoms with Crippen molar-refractivity contribution in [2.24, 2.45) is 53.3 Å². The Bertz CT molecular complexity index is 2450. The highest BCUT2D eigenvalue weighted by Crippen LogP contribution is 2.62. The van der Waals surface area contributed by atoms with E-state index in [9.17, 15) is 14.4 Å². The number of amides is 3. The summed E-state index contributed by atoms with van der Waals surface area (Å²) < 4.78 is 4.89. The molecule has 344 valence electrons. The second-order valence-corrected chi connectivity index (χ2v) is 21.6. The van der Waals surface area contributed by atoms with Gasteiger partial charge in [-0.3, -0.25) is 9.59 Å². The number of imidazole rings is 2. The summed E-state index contributed by atoms with van der Waals surface area (Å²) in [5.74, 6) is 6.29. The molecule has 2 aromatic heterocycles. The zero-order chi connectivity index (χ0) is 44.8. The van der Waals surface area contributed by atoms with Gasteiger partial charge in [0.15, 0.2) is 0 Å². The van der Waals surface area contributed by atoms with Crippen molar-refractivity contribution in [2.45, 2.75) is 148 Å². The maximum Gasteiger partial charge on any atom is 0.407 e. The van der Waals surface area contributed by atoms with E-state index in [1.807, 2.05) is 31.1 Å². The second-order valence-electron chi connectivity index (χ2n) is 21.6. The molecule has 0 radical (unpaired) electrons. The van der Waals surface area contributed by atoms with Crippen LogP contribution in [0.25, 0.3) is 11.1 Å². The van der Waals surface area contributed by atoms with Gasteiger partial charge in [-0.25, -0.2) is 14.8 Å². The van der Waals surface area contributed by atoms with Crippen molar-refractivity contribution in [1.82, 2.24) is 35.1 Å². The van der Waals surface area contributed by atoms with Crippen LogP contribution in [0.5, 0.6) is 0 Å². The molecule has 11 nitrogen and oxygen atoms in total. The van der Waals surface area contributed by atoms with E-state index in [0.717, 1.165) is 99.1 Å². The molecule has 65 heavy (non-hydrogen) atoms. The van der Waals surface area contributed by atoms with Crippen molar-refractivity contribution in [3.63, 3.8) is 0 Å². The van der Waals surface area contributed by atoms with Gasteiger partial charge < -0.3 is 29.8 Å². The van der Waals surface area contributed by atoms with Crippen LogP contribution in [0.4, 0.5) is 4.79 Å². The van der Waals surface area contributed by atoms with Crippen LogP contribution in [0.3, 0.4) is 0 Å². The summed E-state index contributed by atoms with van der Waals surface area (Å²) in [6.07, 6.45) is 31.7. The number of hydrogen-bond donors (Lipinski definition) is 3. The fourth-order valence-corrected chi connectivity index (χ4v) is 13.7. The van der Waals surface area contributed by atoms with Gasteiger partial charge in [-0.15, -0.1) is 0 Å². The van der Waals surface area contributed by atoms with E-state index in [1.165, 1.54) is 48.7 Å². The van der Waals surface area contributed by atoms with E-state index in [-0.39, 0.29) is 35.9 Å². The Labute approximate surface area is 384 Å². The lowest BCUT2D eigenvalue weighted by atomic mass is 9.65. The highest BCUT2D eigenvalue weighted by Gasteiger charge is 2.58. The van der Waals surface area contributed by atoms with Gasteiger partial charge in [0.05, 0.1) is 43.0 Å². The molecule has 14 unspecified atom stereocenters. The van der Waals surface area contributed by atoms with E-state index >= 15 is 0 Å². The molecular formula is C54H69N7O4. The number of carbonyl (C=O) groups is 3. The largest absolute Gasteiger partial charge is 0.453 e. The van der Waals surface area contributed by atoms with Crippen LogP contribution < -0.4 is 5.32 Å². The van der Waals surface area contributed by atoms with E-state index in [4.69, 9.17) is 14.7 Å². The van der Waals surface area contributed by atoms with Gasteiger partial charge in [0.2, 0.25) is 11.8 Å². The Morgan fingerprint density at radius 1 is 0.646 bits per heavy atom. The van der Waals surface area contributed by atoms with E-state index in [2.05, 4.69) is 77.4 Å². The molecule has 11 heteroatoms. The third kappa shape index (κ3) is 7.42. The summed E-state index contributed by atoms with van der Waals surface area (Å²) in [5, 5.41) is 2.84. The van der Waals surface area contributed by atoms with Gasteiger partial charge in [-0.2, -0.15) is 0 Å². The molecule has 14 atom stereocenters. The molecule has 2 saturated heterocycles. The number of ether oxygens (including phenoxy) is 1. The van der Waals surface area contributed by atoms with Crippen molar-refractivity contribution < 1.29 is 19.1 Å². The summed E-state index contributed by atoms with van der Waals surface area (Å²) in [6, 6.07) is -0.0819. The maximum absolute atomic E-state index is 14.1. The standard InChI is InChI=1S/C54H69N7O4/c1-7-28(3)30(5)52(62)60-43-22-37(43)24-45(60)50-55-26-41(57-50)33-13-9-31(10-14-33)39-19-20-40(48-36-18-17-35(21-36)47(39)48)32-11-15-34(16-12-32)42-27-56-51(58-42)46-25-38-23-44(38)61(46)53(63)49(29(4)8-2)59-54(64)65-6/h9,11,13,15,19-20,26-30,35-38,43-49H,7-8,10,12,14,16-18,21-25H2,1-6H3,(H,55,57)(H,56,58)(H,59,64). The molecule has 3 N–H and O–H groups in total.